The summed E-state index contributed by atoms with van der Waals surface area (Å²) < 4.78 is 0. The Hall–Kier alpha value is -1.56. The third-order valence-electron chi connectivity index (χ3n) is 2.97. The van der Waals surface area contributed by atoms with Crippen LogP contribution in [0.25, 0.3) is 0 Å². The lowest BCUT2D eigenvalue weighted by Gasteiger charge is -2.16. The van der Waals surface area contributed by atoms with E-state index in [2.05, 4.69) is 22.5 Å². The largest absolute Gasteiger partial charge is 0.359 e. The molecule has 0 N–H and O–H groups in total. The van der Waals surface area contributed by atoms with E-state index in [9.17, 15) is 10.1 Å². The van der Waals surface area contributed by atoms with E-state index in [0.29, 0.717) is 5.25 Å². The van der Waals surface area contributed by atoms with Gasteiger partial charge >= 0.3 is 0 Å². The van der Waals surface area contributed by atoms with Crippen molar-refractivity contribution in [3.8, 4) is 0 Å². The van der Waals surface area contributed by atoms with Crippen LogP contribution in [-0.4, -0.2) is 34.0 Å². The molecule has 5 nitrogen and oxygen atoms in total. The molecule has 96 valence electrons. The highest BCUT2D eigenvalue weighted by Crippen LogP contribution is 2.20. The second kappa shape index (κ2) is 5.39. The molecule has 0 saturated carbocycles. The lowest BCUT2D eigenvalue weighted by Crippen LogP contribution is -2.26. The minimum atomic E-state index is -0.410. The molecule has 1 saturated heterocycles. The number of hydrogen-bond donors (Lipinski definition) is 1. The second-order valence-corrected chi connectivity index (χ2v) is 5.05. The molecule has 1 aliphatic heterocycles. The van der Waals surface area contributed by atoms with Gasteiger partial charge in [0.1, 0.15) is 5.84 Å². The third-order valence-corrected chi connectivity index (χ3v) is 3.39. The zero-order chi connectivity index (χ0) is 13.1. The predicted octanol–water partition coefficient (Wildman–Crippen LogP) is 2.65. The molecule has 1 aliphatic rings. The second-order valence-electron chi connectivity index (χ2n) is 4.32. The molecular weight excluding hydrogens is 250 g/mol. The lowest BCUT2D eigenvalue weighted by atomic mass is 10.3. The van der Waals surface area contributed by atoms with Gasteiger partial charge in [-0.25, -0.2) is 4.99 Å². The van der Waals surface area contributed by atoms with Crippen molar-refractivity contribution in [1.82, 2.24) is 4.90 Å². The van der Waals surface area contributed by atoms with Crippen LogP contribution in [0, 0.1) is 10.1 Å². The van der Waals surface area contributed by atoms with Crippen LogP contribution in [-0.2, 0) is 0 Å². The monoisotopic (exact) mass is 265 g/mol. The van der Waals surface area contributed by atoms with Gasteiger partial charge in [0, 0.05) is 30.5 Å². The maximum Gasteiger partial charge on any atom is 0.269 e. The molecule has 0 bridgehead atoms. The summed E-state index contributed by atoms with van der Waals surface area (Å²) in [6.45, 7) is 3.83. The molecule has 18 heavy (non-hydrogen) atoms. The highest BCUT2D eigenvalue weighted by molar-refractivity contribution is 7.81. The van der Waals surface area contributed by atoms with E-state index < -0.39 is 4.92 Å². The first-order valence-electron chi connectivity index (χ1n) is 5.79. The van der Waals surface area contributed by atoms with E-state index in [1.165, 1.54) is 12.1 Å². The van der Waals surface area contributed by atoms with E-state index in [1.807, 2.05) is 6.92 Å². The molecule has 0 amide bonds. The number of hydrogen-bond acceptors (Lipinski definition) is 4. The molecule has 2 rings (SSSR count). The van der Waals surface area contributed by atoms with Crippen molar-refractivity contribution in [1.29, 1.82) is 0 Å². The Kier molecular flexibility index (Phi) is 3.86. The molecule has 1 heterocycles. The summed E-state index contributed by atoms with van der Waals surface area (Å²) in [5.41, 5.74) is 0.823. The van der Waals surface area contributed by atoms with E-state index >= 15 is 0 Å². The fourth-order valence-corrected chi connectivity index (χ4v) is 2.25. The van der Waals surface area contributed by atoms with Crippen molar-refractivity contribution < 1.29 is 4.92 Å². The van der Waals surface area contributed by atoms with Crippen LogP contribution in [0.5, 0.6) is 0 Å². The van der Waals surface area contributed by atoms with Crippen molar-refractivity contribution in [3.05, 3.63) is 34.4 Å². The van der Waals surface area contributed by atoms with Crippen LogP contribution in [0.15, 0.2) is 29.3 Å². The summed E-state index contributed by atoms with van der Waals surface area (Å²) in [7, 11) is 0. The number of rotatable bonds is 2. The fourth-order valence-electron chi connectivity index (χ4n) is 1.94. The summed E-state index contributed by atoms with van der Waals surface area (Å²) in [5, 5.41) is 10.9. The minimum absolute atomic E-state index is 0.0863. The summed E-state index contributed by atoms with van der Waals surface area (Å²) in [6.07, 6.45) is 1.07. The van der Waals surface area contributed by atoms with Crippen molar-refractivity contribution in [2.75, 3.05) is 13.1 Å². The number of nitro groups is 1. The van der Waals surface area contributed by atoms with Crippen molar-refractivity contribution in [3.63, 3.8) is 0 Å². The lowest BCUT2D eigenvalue weighted by molar-refractivity contribution is -0.384. The molecule has 0 aliphatic carbocycles. The van der Waals surface area contributed by atoms with Gasteiger partial charge in [-0.05, 0) is 25.5 Å². The normalized spacial score (nSPS) is 20.2. The number of non-ortho nitro benzene ring substituents is 1. The number of nitrogens with zero attached hydrogens (tertiary/aromatic N) is 3. The smallest absolute Gasteiger partial charge is 0.269 e. The van der Waals surface area contributed by atoms with Gasteiger partial charge in [-0.3, -0.25) is 10.1 Å². The highest BCUT2D eigenvalue weighted by atomic mass is 32.1. The average molecular weight is 265 g/mol. The Balaban J connectivity index is 2.10. The first-order valence-corrected chi connectivity index (χ1v) is 6.30. The number of aliphatic imine (C=N–C) groups is 1. The van der Waals surface area contributed by atoms with Crippen molar-refractivity contribution >= 4 is 29.8 Å². The molecular formula is C12H15N3O2S. The van der Waals surface area contributed by atoms with Crippen molar-refractivity contribution in [2.45, 2.75) is 18.6 Å². The number of amidine groups is 1. The summed E-state index contributed by atoms with van der Waals surface area (Å²) in [5.74, 6) is 0.931. The van der Waals surface area contributed by atoms with Gasteiger partial charge in [0.25, 0.3) is 5.69 Å². The summed E-state index contributed by atoms with van der Waals surface area (Å²) in [6, 6.07) is 6.26. The predicted molar refractivity (Wildman–Crippen MR) is 74.8 cm³/mol. The van der Waals surface area contributed by atoms with E-state index in [4.69, 9.17) is 0 Å². The Morgan fingerprint density at radius 2 is 2.17 bits per heavy atom. The van der Waals surface area contributed by atoms with E-state index in [1.54, 1.807) is 12.1 Å². The van der Waals surface area contributed by atoms with Crippen LogP contribution in [0.4, 0.5) is 11.4 Å². The number of thiol groups is 1. The van der Waals surface area contributed by atoms with Gasteiger partial charge in [-0.15, -0.1) is 0 Å². The third kappa shape index (κ3) is 3.01. The van der Waals surface area contributed by atoms with Gasteiger partial charge in [-0.2, -0.15) is 12.6 Å². The van der Waals surface area contributed by atoms with Crippen LogP contribution in [0.1, 0.15) is 13.3 Å². The van der Waals surface area contributed by atoms with Gasteiger partial charge in [-0.1, -0.05) is 0 Å². The topological polar surface area (TPSA) is 58.7 Å². The summed E-state index contributed by atoms with van der Waals surface area (Å²) >= 11 is 4.44. The Bertz CT molecular complexity index is 473. The molecule has 6 heteroatoms. The Morgan fingerprint density at radius 3 is 2.67 bits per heavy atom. The zero-order valence-electron chi connectivity index (χ0n) is 10.1. The molecule has 1 aromatic carbocycles. The van der Waals surface area contributed by atoms with Gasteiger partial charge in [0.2, 0.25) is 0 Å². The van der Waals surface area contributed by atoms with Gasteiger partial charge < -0.3 is 4.90 Å². The molecule has 0 spiro atoms. The van der Waals surface area contributed by atoms with Crippen LogP contribution >= 0.6 is 12.6 Å². The number of benzene rings is 1. The highest BCUT2D eigenvalue weighted by Gasteiger charge is 2.19. The SMILES string of the molecule is CC(=Nc1ccc([N+](=O)[O-])cc1)N1CC[C@@H](S)C1. The standard InChI is InChI=1S/C12H15N3O2S/c1-9(14-7-6-12(18)8-14)13-10-2-4-11(5-3-10)15(16)17/h2-5,12,18H,6-8H2,1H3/t12-/m1/s1. The maximum absolute atomic E-state index is 10.5. The first-order chi connectivity index (χ1) is 8.56. The number of likely N-dealkylation sites (tertiary alicyclic amines) is 1. The fraction of sp³-hybridized carbons (Fsp3) is 0.417. The maximum atomic E-state index is 10.5. The van der Waals surface area contributed by atoms with Crippen LogP contribution in [0.2, 0.25) is 0 Å². The molecule has 1 fully saturated rings. The van der Waals surface area contributed by atoms with Gasteiger partial charge in [0.15, 0.2) is 0 Å². The zero-order valence-corrected chi connectivity index (χ0v) is 11.0. The Labute approximate surface area is 111 Å². The van der Waals surface area contributed by atoms with E-state index in [0.717, 1.165) is 31.0 Å². The van der Waals surface area contributed by atoms with Crippen LogP contribution in [0.3, 0.4) is 0 Å². The van der Waals surface area contributed by atoms with Crippen molar-refractivity contribution in [2.24, 2.45) is 4.99 Å². The van der Waals surface area contributed by atoms with Gasteiger partial charge in [0.05, 0.1) is 10.6 Å². The number of nitro benzene ring substituents is 1. The molecule has 1 atom stereocenters. The average Bonchev–Trinajstić information content (AvgIpc) is 2.76. The van der Waals surface area contributed by atoms with Crippen LogP contribution < -0.4 is 0 Å². The molecule has 0 aromatic heterocycles. The van der Waals surface area contributed by atoms with E-state index in [-0.39, 0.29) is 5.69 Å². The minimum Gasteiger partial charge on any atom is -0.359 e. The first kappa shape index (κ1) is 12.9. The molecule has 1 aromatic rings. The molecule has 0 radical (unpaired) electrons. The quantitative estimate of drug-likeness (QED) is 0.294. The molecule has 0 unspecified atom stereocenters. The summed E-state index contributed by atoms with van der Waals surface area (Å²) in [4.78, 5) is 16.8. The Morgan fingerprint density at radius 1 is 1.50 bits per heavy atom.